The van der Waals surface area contributed by atoms with Gasteiger partial charge in [-0.25, -0.2) is 0 Å². The quantitative estimate of drug-likeness (QED) is 0.748. The number of nitrogen functional groups attached to an aromatic ring is 1. The van der Waals surface area contributed by atoms with Crippen LogP contribution in [0.3, 0.4) is 0 Å². The summed E-state index contributed by atoms with van der Waals surface area (Å²) in [5, 5.41) is 3.82. The van der Waals surface area contributed by atoms with Gasteiger partial charge in [-0.3, -0.25) is 0 Å². The molecule has 0 aliphatic heterocycles. The third-order valence-electron chi connectivity index (χ3n) is 2.01. The molecule has 0 atom stereocenters. The molecule has 0 radical (unpaired) electrons. The van der Waals surface area contributed by atoms with Crippen molar-refractivity contribution in [3.63, 3.8) is 0 Å². The number of hydrogen-bond donors (Lipinski definition) is 1. The van der Waals surface area contributed by atoms with Crippen LogP contribution in [0, 0.1) is 0 Å². The number of anilines is 2. The summed E-state index contributed by atoms with van der Waals surface area (Å²) < 4.78 is 5.11. The molecule has 5 heteroatoms. The summed E-state index contributed by atoms with van der Waals surface area (Å²) in [7, 11) is 3.70. The molecule has 2 aromatic rings. The maximum absolute atomic E-state index is 5.80. The van der Waals surface area contributed by atoms with Gasteiger partial charge in [-0.2, -0.15) is 4.98 Å². The topological polar surface area (TPSA) is 68.2 Å². The molecular formula is C10H12N4O. The number of hydrogen-bond acceptors (Lipinski definition) is 5. The first kappa shape index (κ1) is 9.51. The van der Waals surface area contributed by atoms with Gasteiger partial charge in [-0.05, 0) is 17.3 Å². The predicted molar refractivity (Wildman–Crippen MR) is 58.5 cm³/mol. The average molecular weight is 204 g/mol. The number of nitrogens with two attached hydrogens (primary N) is 1. The molecule has 0 aliphatic carbocycles. The monoisotopic (exact) mass is 204 g/mol. The van der Waals surface area contributed by atoms with Crippen molar-refractivity contribution in [3.8, 4) is 11.5 Å². The van der Waals surface area contributed by atoms with E-state index in [0.717, 1.165) is 5.56 Å². The molecule has 0 saturated heterocycles. The minimum atomic E-state index is 0.441. The van der Waals surface area contributed by atoms with Crippen LogP contribution in [-0.2, 0) is 0 Å². The van der Waals surface area contributed by atoms with E-state index in [9.17, 15) is 0 Å². The molecule has 0 fully saturated rings. The number of para-hydroxylation sites is 1. The molecule has 0 aliphatic rings. The van der Waals surface area contributed by atoms with Gasteiger partial charge in [0.15, 0.2) is 0 Å². The molecule has 1 aromatic carbocycles. The maximum Gasteiger partial charge on any atom is 0.265 e. The van der Waals surface area contributed by atoms with Crippen molar-refractivity contribution in [1.29, 1.82) is 0 Å². The van der Waals surface area contributed by atoms with Crippen LogP contribution in [0.1, 0.15) is 0 Å². The fourth-order valence-corrected chi connectivity index (χ4v) is 1.20. The Morgan fingerprint density at radius 3 is 2.60 bits per heavy atom. The highest BCUT2D eigenvalue weighted by Gasteiger charge is 2.11. The van der Waals surface area contributed by atoms with E-state index < -0.39 is 0 Å². The van der Waals surface area contributed by atoms with E-state index in [-0.39, 0.29) is 0 Å². The molecular weight excluding hydrogens is 192 g/mol. The van der Waals surface area contributed by atoms with Gasteiger partial charge in [-0.15, -0.1) is 0 Å². The lowest BCUT2D eigenvalue weighted by Crippen LogP contribution is -2.10. The zero-order valence-corrected chi connectivity index (χ0v) is 8.64. The molecule has 78 valence electrons. The van der Waals surface area contributed by atoms with Gasteiger partial charge >= 0.3 is 0 Å². The Morgan fingerprint density at radius 1 is 1.27 bits per heavy atom. The molecule has 2 N–H and O–H groups in total. The fraction of sp³-hybridized carbons (Fsp3) is 0.200. The van der Waals surface area contributed by atoms with Crippen molar-refractivity contribution in [3.05, 3.63) is 24.3 Å². The SMILES string of the molecule is CN(C)c1noc(-c2ccccc2N)n1. The average Bonchev–Trinajstić information content (AvgIpc) is 2.67. The van der Waals surface area contributed by atoms with E-state index >= 15 is 0 Å². The van der Waals surface area contributed by atoms with Crippen LogP contribution in [0.25, 0.3) is 11.5 Å². The highest BCUT2D eigenvalue weighted by Crippen LogP contribution is 2.24. The minimum absolute atomic E-state index is 0.441. The Kier molecular flexibility index (Phi) is 2.29. The van der Waals surface area contributed by atoms with Crippen LogP contribution < -0.4 is 10.6 Å². The van der Waals surface area contributed by atoms with Gasteiger partial charge in [0.2, 0.25) is 0 Å². The zero-order valence-electron chi connectivity index (χ0n) is 8.64. The van der Waals surface area contributed by atoms with Gasteiger partial charge in [0.1, 0.15) is 0 Å². The van der Waals surface area contributed by atoms with Crippen molar-refractivity contribution in [2.24, 2.45) is 0 Å². The smallest absolute Gasteiger partial charge is 0.265 e. The highest BCUT2D eigenvalue weighted by atomic mass is 16.5. The summed E-state index contributed by atoms with van der Waals surface area (Å²) in [6, 6.07) is 7.39. The van der Waals surface area contributed by atoms with Crippen molar-refractivity contribution in [2.75, 3.05) is 24.7 Å². The first-order valence-electron chi connectivity index (χ1n) is 4.54. The van der Waals surface area contributed by atoms with E-state index in [0.29, 0.717) is 17.5 Å². The molecule has 5 nitrogen and oxygen atoms in total. The molecule has 2 rings (SSSR count). The summed E-state index contributed by atoms with van der Waals surface area (Å²) in [6.45, 7) is 0. The Morgan fingerprint density at radius 2 is 2.00 bits per heavy atom. The van der Waals surface area contributed by atoms with Crippen LogP contribution in [0.5, 0.6) is 0 Å². The van der Waals surface area contributed by atoms with Crippen molar-refractivity contribution in [1.82, 2.24) is 10.1 Å². The Bertz CT molecular complexity index is 464. The first-order valence-corrected chi connectivity index (χ1v) is 4.54. The van der Waals surface area contributed by atoms with E-state index in [1.807, 2.05) is 32.3 Å². The molecule has 1 aromatic heterocycles. The Labute approximate surface area is 87.5 Å². The molecule has 1 heterocycles. The van der Waals surface area contributed by atoms with E-state index in [2.05, 4.69) is 10.1 Å². The fourth-order valence-electron chi connectivity index (χ4n) is 1.20. The Hall–Kier alpha value is -2.04. The second-order valence-electron chi connectivity index (χ2n) is 3.38. The van der Waals surface area contributed by atoms with Crippen molar-refractivity contribution >= 4 is 11.6 Å². The number of aromatic nitrogens is 2. The zero-order chi connectivity index (χ0) is 10.8. The lowest BCUT2D eigenvalue weighted by Gasteiger charge is -2.02. The third kappa shape index (κ3) is 1.76. The van der Waals surface area contributed by atoms with Crippen molar-refractivity contribution in [2.45, 2.75) is 0 Å². The van der Waals surface area contributed by atoms with Crippen LogP contribution in [-0.4, -0.2) is 24.2 Å². The molecule has 0 bridgehead atoms. The van der Waals surface area contributed by atoms with Crippen LogP contribution >= 0.6 is 0 Å². The summed E-state index contributed by atoms with van der Waals surface area (Å²) in [6.07, 6.45) is 0. The molecule has 0 amide bonds. The highest BCUT2D eigenvalue weighted by molar-refractivity contribution is 5.70. The third-order valence-corrected chi connectivity index (χ3v) is 2.01. The van der Waals surface area contributed by atoms with Gasteiger partial charge in [0.25, 0.3) is 11.8 Å². The van der Waals surface area contributed by atoms with E-state index in [4.69, 9.17) is 10.3 Å². The molecule has 0 spiro atoms. The van der Waals surface area contributed by atoms with Gasteiger partial charge in [0.05, 0.1) is 5.56 Å². The van der Waals surface area contributed by atoms with Crippen LogP contribution in [0.4, 0.5) is 11.6 Å². The second-order valence-corrected chi connectivity index (χ2v) is 3.38. The maximum atomic E-state index is 5.80. The molecule has 0 unspecified atom stereocenters. The lowest BCUT2D eigenvalue weighted by molar-refractivity contribution is 0.431. The first-order chi connectivity index (χ1) is 7.18. The van der Waals surface area contributed by atoms with Crippen LogP contribution in [0.15, 0.2) is 28.8 Å². The number of rotatable bonds is 2. The molecule has 15 heavy (non-hydrogen) atoms. The lowest BCUT2D eigenvalue weighted by atomic mass is 10.2. The number of nitrogens with zero attached hydrogens (tertiary/aromatic N) is 3. The summed E-state index contributed by atoms with van der Waals surface area (Å²) in [4.78, 5) is 5.98. The second kappa shape index (κ2) is 3.61. The summed E-state index contributed by atoms with van der Waals surface area (Å²) in [5.74, 6) is 0.977. The standard InChI is InChI=1S/C10H12N4O/c1-14(2)10-12-9(15-13-10)7-5-3-4-6-8(7)11/h3-6H,11H2,1-2H3. The summed E-state index contributed by atoms with van der Waals surface area (Å²) in [5.41, 5.74) is 7.19. The van der Waals surface area contributed by atoms with E-state index in [1.165, 1.54) is 0 Å². The molecule has 0 saturated carbocycles. The Balaban J connectivity index is 2.42. The normalized spacial score (nSPS) is 10.3. The number of benzene rings is 1. The minimum Gasteiger partial charge on any atom is -0.398 e. The van der Waals surface area contributed by atoms with Gasteiger partial charge in [0, 0.05) is 19.8 Å². The summed E-state index contributed by atoms with van der Waals surface area (Å²) >= 11 is 0. The van der Waals surface area contributed by atoms with Gasteiger partial charge in [-0.1, -0.05) is 12.1 Å². The van der Waals surface area contributed by atoms with E-state index in [1.54, 1.807) is 11.0 Å². The predicted octanol–water partition coefficient (Wildman–Crippen LogP) is 1.38. The largest absolute Gasteiger partial charge is 0.398 e. The van der Waals surface area contributed by atoms with Crippen LogP contribution in [0.2, 0.25) is 0 Å². The van der Waals surface area contributed by atoms with Gasteiger partial charge < -0.3 is 15.2 Å². The van der Waals surface area contributed by atoms with Crippen molar-refractivity contribution < 1.29 is 4.52 Å².